The molecule has 3 rings (SSSR count). The number of imide groups is 1. The Kier molecular flexibility index (Phi) is 6.56. The van der Waals surface area contributed by atoms with Crippen LogP contribution in [0, 0.1) is 11.3 Å². The van der Waals surface area contributed by atoms with E-state index in [1.807, 2.05) is 18.2 Å². The highest BCUT2D eigenvalue weighted by atomic mass is 32.2. The van der Waals surface area contributed by atoms with Gasteiger partial charge in [0.1, 0.15) is 12.1 Å². The fraction of sp³-hybridized carbons (Fsp3) is 0.591. The number of benzene rings is 1. The van der Waals surface area contributed by atoms with Crippen LogP contribution in [0.25, 0.3) is 0 Å². The molecule has 7 heteroatoms. The molecule has 0 radical (unpaired) electrons. The summed E-state index contributed by atoms with van der Waals surface area (Å²) in [6.45, 7) is 6.69. The van der Waals surface area contributed by atoms with Gasteiger partial charge in [-0.05, 0) is 54.9 Å². The van der Waals surface area contributed by atoms with Crippen LogP contribution >= 0.6 is 11.8 Å². The fourth-order valence-corrected chi connectivity index (χ4v) is 5.73. The van der Waals surface area contributed by atoms with Crippen molar-refractivity contribution in [2.24, 2.45) is 11.3 Å². The van der Waals surface area contributed by atoms with Crippen LogP contribution in [0.5, 0.6) is 0 Å². The van der Waals surface area contributed by atoms with Gasteiger partial charge in [-0.1, -0.05) is 39.0 Å². The maximum absolute atomic E-state index is 13.1. The van der Waals surface area contributed by atoms with Crippen LogP contribution in [0.4, 0.5) is 4.79 Å². The summed E-state index contributed by atoms with van der Waals surface area (Å²) in [5, 5.41) is 5.74. The van der Waals surface area contributed by atoms with Crippen LogP contribution in [0.2, 0.25) is 0 Å². The molecule has 1 spiro atoms. The average Bonchev–Trinajstić information content (AvgIpc) is 2.84. The number of carbonyl (C=O) groups is 3. The molecule has 158 valence electrons. The van der Waals surface area contributed by atoms with E-state index in [2.05, 4.69) is 43.5 Å². The van der Waals surface area contributed by atoms with Gasteiger partial charge in [0.25, 0.3) is 5.91 Å². The molecule has 0 aromatic heterocycles. The van der Waals surface area contributed by atoms with E-state index in [0.717, 1.165) is 23.5 Å². The first-order valence-electron chi connectivity index (χ1n) is 10.3. The van der Waals surface area contributed by atoms with Crippen LogP contribution in [-0.2, 0) is 9.59 Å². The van der Waals surface area contributed by atoms with Crippen molar-refractivity contribution in [2.75, 3.05) is 18.8 Å². The van der Waals surface area contributed by atoms with Crippen molar-refractivity contribution in [3.63, 3.8) is 0 Å². The highest BCUT2D eigenvalue weighted by Gasteiger charge is 2.56. The molecule has 2 aliphatic rings. The molecule has 2 atom stereocenters. The molecule has 0 unspecified atom stereocenters. The second kappa shape index (κ2) is 8.78. The number of carbonyl (C=O) groups excluding carboxylic acids is 3. The molecule has 4 amide bonds. The lowest BCUT2D eigenvalue weighted by Crippen LogP contribution is -2.54. The molecule has 6 nitrogen and oxygen atoms in total. The van der Waals surface area contributed by atoms with Gasteiger partial charge in [-0.15, -0.1) is 11.8 Å². The van der Waals surface area contributed by atoms with E-state index in [-0.39, 0.29) is 23.8 Å². The van der Waals surface area contributed by atoms with Gasteiger partial charge >= 0.3 is 6.03 Å². The Morgan fingerprint density at radius 1 is 1.24 bits per heavy atom. The fourth-order valence-electron chi connectivity index (χ4n) is 4.86. The molecular formula is C22H31N3O3S. The Hall–Kier alpha value is -2.02. The van der Waals surface area contributed by atoms with Crippen LogP contribution < -0.4 is 10.6 Å². The molecule has 2 N–H and O–H groups in total. The molecule has 1 saturated heterocycles. The number of rotatable bonds is 7. The molecule has 1 heterocycles. The summed E-state index contributed by atoms with van der Waals surface area (Å²) < 4.78 is 0. The average molecular weight is 418 g/mol. The first-order chi connectivity index (χ1) is 13.7. The Balaban J connectivity index is 1.46. The van der Waals surface area contributed by atoms with Crippen molar-refractivity contribution in [2.45, 2.75) is 56.9 Å². The van der Waals surface area contributed by atoms with Gasteiger partial charge < -0.3 is 10.6 Å². The SMILES string of the molecule is C[C@H]1CC(C)(C)C[C@@]2(C1)NC(=O)N(CC(=O)NCCCSc1ccccc1)C2=O. The van der Waals surface area contributed by atoms with Crippen molar-refractivity contribution in [3.05, 3.63) is 30.3 Å². The second-order valence-electron chi connectivity index (χ2n) is 9.12. The molecule has 1 aliphatic carbocycles. The Bertz CT molecular complexity index is 768. The number of thioether (sulfide) groups is 1. The highest BCUT2D eigenvalue weighted by molar-refractivity contribution is 7.99. The Morgan fingerprint density at radius 2 is 1.97 bits per heavy atom. The number of hydrogen-bond acceptors (Lipinski definition) is 4. The summed E-state index contributed by atoms with van der Waals surface area (Å²) in [6.07, 6.45) is 3.10. The van der Waals surface area contributed by atoms with E-state index in [9.17, 15) is 14.4 Å². The van der Waals surface area contributed by atoms with Gasteiger partial charge in [-0.3, -0.25) is 14.5 Å². The monoisotopic (exact) mass is 417 g/mol. The van der Waals surface area contributed by atoms with E-state index < -0.39 is 11.6 Å². The number of nitrogens with one attached hydrogen (secondary N) is 2. The Labute approximate surface area is 177 Å². The zero-order valence-electron chi connectivity index (χ0n) is 17.5. The second-order valence-corrected chi connectivity index (χ2v) is 10.3. The molecule has 1 aromatic rings. The van der Waals surface area contributed by atoms with Gasteiger partial charge in [-0.2, -0.15) is 0 Å². The molecule has 1 saturated carbocycles. The highest BCUT2D eigenvalue weighted by Crippen LogP contribution is 2.46. The quantitative estimate of drug-likeness (QED) is 0.405. The largest absolute Gasteiger partial charge is 0.355 e. The van der Waals surface area contributed by atoms with Gasteiger partial charge in [0, 0.05) is 11.4 Å². The van der Waals surface area contributed by atoms with Crippen molar-refractivity contribution < 1.29 is 14.4 Å². The number of hydrogen-bond donors (Lipinski definition) is 2. The molecule has 0 bridgehead atoms. The zero-order valence-corrected chi connectivity index (χ0v) is 18.3. The molecule has 2 fully saturated rings. The first kappa shape index (κ1) is 21.7. The minimum absolute atomic E-state index is 0.0186. The smallest absolute Gasteiger partial charge is 0.325 e. The zero-order chi connectivity index (χ0) is 21.1. The lowest BCUT2D eigenvalue weighted by molar-refractivity contribution is -0.137. The lowest BCUT2D eigenvalue weighted by atomic mass is 9.64. The third-order valence-corrected chi connectivity index (χ3v) is 6.68. The topological polar surface area (TPSA) is 78.5 Å². The van der Waals surface area contributed by atoms with Gasteiger partial charge in [-0.25, -0.2) is 4.79 Å². The first-order valence-corrected chi connectivity index (χ1v) is 11.3. The molecular weight excluding hydrogens is 386 g/mol. The normalized spacial score (nSPS) is 25.9. The Morgan fingerprint density at radius 3 is 2.66 bits per heavy atom. The van der Waals surface area contributed by atoms with Crippen LogP contribution in [0.3, 0.4) is 0 Å². The molecule has 29 heavy (non-hydrogen) atoms. The van der Waals surface area contributed by atoms with Gasteiger partial charge in [0.2, 0.25) is 5.91 Å². The third-order valence-electron chi connectivity index (χ3n) is 5.58. The van der Waals surface area contributed by atoms with Crippen molar-refractivity contribution in [1.82, 2.24) is 15.5 Å². The van der Waals surface area contributed by atoms with Crippen molar-refractivity contribution in [1.29, 1.82) is 0 Å². The standard InChI is InChI=1S/C22H31N3O3S/c1-16-12-21(2,3)15-22(13-16)19(27)25(20(28)24-22)14-18(26)23-10-7-11-29-17-8-5-4-6-9-17/h4-6,8-9,16H,7,10-15H2,1-3H3,(H,23,26)(H,24,28)/t16-,22+/m0/s1. The summed E-state index contributed by atoms with van der Waals surface area (Å²) in [6, 6.07) is 9.66. The molecule has 1 aliphatic heterocycles. The van der Waals surface area contributed by atoms with Crippen molar-refractivity contribution >= 4 is 29.6 Å². The molecule has 1 aromatic carbocycles. The van der Waals surface area contributed by atoms with E-state index in [1.165, 1.54) is 4.90 Å². The van der Waals surface area contributed by atoms with E-state index >= 15 is 0 Å². The third kappa shape index (κ3) is 5.32. The van der Waals surface area contributed by atoms with Crippen LogP contribution in [0.15, 0.2) is 35.2 Å². The number of amides is 4. The minimum Gasteiger partial charge on any atom is -0.355 e. The summed E-state index contributed by atoms with van der Waals surface area (Å²) in [7, 11) is 0. The summed E-state index contributed by atoms with van der Waals surface area (Å²) in [5.41, 5.74) is -0.875. The van der Waals surface area contributed by atoms with Gasteiger partial charge in [0.15, 0.2) is 0 Å². The van der Waals surface area contributed by atoms with E-state index in [0.29, 0.717) is 25.3 Å². The maximum atomic E-state index is 13.1. The van der Waals surface area contributed by atoms with Crippen LogP contribution in [0.1, 0.15) is 46.5 Å². The van der Waals surface area contributed by atoms with Crippen molar-refractivity contribution in [3.8, 4) is 0 Å². The van der Waals surface area contributed by atoms with E-state index in [4.69, 9.17) is 0 Å². The van der Waals surface area contributed by atoms with Crippen LogP contribution in [-0.4, -0.2) is 47.1 Å². The summed E-state index contributed by atoms with van der Waals surface area (Å²) in [4.78, 5) is 40.1. The lowest BCUT2D eigenvalue weighted by Gasteiger charge is -2.43. The predicted molar refractivity (Wildman–Crippen MR) is 115 cm³/mol. The number of nitrogens with zero attached hydrogens (tertiary/aromatic N) is 1. The maximum Gasteiger partial charge on any atom is 0.325 e. The van der Waals surface area contributed by atoms with Gasteiger partial charge in [0.05, 0.1) is 0 Å². The summed E-state index contributed by atoms with van der Waals surface area (Å²) in [5.74, 6) is 0.693. The van der Waals surface area contributed by atoms with E-state index in [1.54, 1.807) is 11.8 Å². The predicted octanol–water partition coefficient (Wildman–Crippen LogP) is 3.42. The minimum atomic E-state index is -0.856. The summed E-state index contributed by atoms with van der Waals surface area (Å²) >= 11 is 1.74. The number of urea groups is 1.